The second-order valence-electron chi connectivity index (χ2n) is 5.47. The van der Waals surface area contributed by atoms with Crippen molar-refractivity contribution in [1.82, 2.24) is 4.90 Å². The Morgan fingerprint density at radius 2 is 2.08 bits per heavy atom. The Hall–Kier alpha value is -2.05. The van der Waals surface area contributed by atoms with Crippen molar-refractivity contribution in [2.45, 2.75) is 5.37 Å². The predicted octanol–water partition coefficient (Wildman–Crippen LogP) is 4.64. The third kappa shape index (κ3) is 3.96. The lowest BCUT2D eigenvalue weighted by atomic mass is 10.2. The van der Waals surface area contributed by atoms with Gasteiger partial charge < -0.3 is 19.7 Å². The molecule has 1 fully saturated rings. The highest BCUT2D eigenvalue weighted by Gasteiger charge is 2.31. The molecule has 5 nitrogen and oxygen atoms in total. The van der Waals surface area contributed by atoms with Crippen molar-refractivity contribution in [1.29, 1.82) is 0 Å². The molecule has 1 aliphatic rings. The van der Waals surface area contributed by atoms with Gasteiger partial charge in [0.1, 0.15) is 16.9 Å². The summed E-state index contributed by atoms with van der Waals surface area (Å²) >= 11 is 7.81. The molecule has 2 aromatic rings. The van der Waals surface area contributed by atoms with Gasteiger partial charge in [0.2, 0.25) is 0 Å². The molecule has 2 aromatic carbocycles. The molecule has 0 spiro atoms. The van der Waals surface area contributed by atoms with E-state index in [4.69, 9.17) is 21.1 Å². The lowest BCUT2D eigenvalue weighted by Crippen LogP contribution is -2.34. The summed E-state index contributed by atoms with van der Waals surface area (Å²) in [4.78, 5) is 14.6. The van der Waals surface area contributed by atoms with Crippen molar-refractivity contribution < 1.29 is 14.3 Å². The van der Waals surface area contributed by atoms with E-state index in [1.54, 1.807) is 49.1 Å². The number of urea groups is 1. The van der Waals surface area contributed by atoms with Crippen LogP contribution in [0.4, 0.5) is 10.5 Å². The summed E-state index contributed by atoms with van der Waals surface area (Å²) in [7, 11) is 3.15. The molecule has 2 amide bonds. The molecule has 132 valence electrons. The highest BCUT2D eigenvalue weighted by Crippen LogP contribution is 2.39. The summed E-state index contributed by atoms with van der Waals surface area (Å²) in [6, 6.07) is 12.7. The van der Waals surface area contributed by atoms with Crippen LogP contribution in [-0.4, -0.2) is 37.4 Å². The van der Waals surface area contributed by atoms with Crippen LogP contribution in [0, 0.1) is 0 Å². The molecule has 25 heavy (non-hydrogen) atoms. The third-order valence-electron chi connectivity index (χ3n) is 3.94. The third-order valence-corrected chi connectivity index (χ3v) is 5.43. The van der Waals surface area contributed by atoms with Crippen LogP contribution in [0.5, 0.6) is 11.5 Å². The topological polar surface area (TPSA) is 50.8 Å². The fourth-order valence-electron chi connectivity index (χ4n) is 2.70. The molecular formula is C18H19ClN2O3S. The summed E-state index contributed by atoms with van der Waals surface area (Å²) in [5, 5.41) is 3.55. The van der Waals surface area contributed by atoms with E-state index < -0.39 is 0 Å². The van der Waals surface area contributed by atoms with Gasteiger partial charge in [0.15, 0.2) is 0 Å². The molecule has 1 atom stereocenters. The first-order valence-electron chi connectivity index (χ1n) is 7.79. The van der Waals surface area contributed by atoms with E-state index in [2.05, 4.69) is 5.32 Å². The van der Waals surface area contributed by atoms with Gasteiger partial charge in [-0.05, 0) is 29.8 Å². The Labute approximate surface area is 156 Å². The fraction of sp³-hybridized carbons (Fsp3) is 0.278. The smallest absolute Gasteiger partial charge is 0.323 e. The number of nitrogens with zero attached hydrogens (tertiary/aromatic N) is 1. The Balaban J connectivity index is 1.78. The second kappa shape index (κ2) is 7.89. The number of anilines is 1. The standard InChI is InChI=1S/C18H19ClN2O3S/c1-23-14-6-7-15(16(11-14)24-2)20-18(22)21-8-9-25-17(21)12-4-3-5-13(19)10-12/h3-7,10-11,17H,8-9H2,1-2H3,(H,20,22)/t17-/m1/s1. The Bertz CT molecular complexity index is 772. The van der Waals surface area contributed by atoms with E-state index in [1.165, 1.54) is 0 Å². The summed E-state index contributed by atoms with van der Waals surface area (Å²) in [5.41, 5.74) is 1.63. The van der Waals surface area contributed by atoms with Crippen LogP contribution < -0.4 is 14.8 Å². The number of ether oxygens (including phenoxy) is 2. The number of benzene rings is 2. The summed E-state index contributed by atoms with van der Waals surface area (Å²) < 4.78 is 10.5. The zero-order chi connectivity index (χ0) is 17.8. The van der Waals surface area contributed by atoms with Gasteiger partial charge in [0, 0.05) is 23.4 Å². The van der Waals surface area contributed by atoms with Crippen molar-refractivity contribution in [3.63, 3.8) is 0 Å². The van der Waals surface area contributed by atoms with Crippen LogP contribution in [0.3, 0.4) is 0 Å². The number of carbonyl (C=O) groups is 1. The minimum absolute atomic E-state index is 0.0528. The van der Waals surface area contributed by atoms with E-state index in [-0.39, 0.29) is 11.4 Å². The molecule has 1 saturated heterocycles. The van der Waals surface area contributed by atoms with Crippen LogP contribution in [0.15, 0.2) is 42.5 Å². The van der Waals surface area contributed by atoms with Crippen molar-refractivity contribution in [2.24, 2.45) is 0 Å². The average Bonchev–Trinajstić information content (AvgIpc) is 3.12. The number of rotatable bonds is 4. The maximum atomic E-state index is 12.8. The Morgan fingerprint density at radius 3 is 2.80 bits per heavy atom. The molecule has 0 saturated carbocycles. The molecule has 3 rings (SSSR count). The first-order chi connectivity index (χ1) is 12.1. The van der Waals surface area contributed by atoms with Gasteiger partial charge >= 0.3 is 6.03 Å². The first kappa shape index (κ1) is 17.8. The minimum Gasteiger partial charge on any atom is -0.497 e. The van der Waals surface area contributed by atoms with Gasteiger partial charge in [0.05, 0.1) is 19.9 Å². The molecule has 1 N–H and O–H groups in total. The zero-order valence-electron chi connectivity index (χ0n) is 14.0. The lowest BCUT2D eigenvalue weighted by molar-refractivity contribution is 0.214. The summed E-state index contributed by atoms with van der Waals surface area (Å²) in [5.74, 6) is 2.10. The van der Waals surface area contributed by atoms with Gasteiger partial charge in [-0.25, -0.2) is 4.79 Å². The molecule has 0 aliphatic carbocycles. The molecule has 0 bridgehead atoms. The van der Waals surface area contributed by atoms with E-state index >= 15 is 0 Å². The fourth-order valence-corrected chi connectivity index (χ4v) is 4.15. The predicted molar refractivity (Wildman–Crippen MR) is 102 cm³/mol. The van der Waals surface area contributed by atoms with E-state index in [1.807, 2.05) is 24.3 Å². The number of nitrogens with one attached hydrogen (secondary N) is 1. The minimum atomic E-state index is -0.168. The normalized spacial score (nSPS) is 16.6. The number of methoxy groups -OCH3 is 2. The van der Waals surface area contributed by atoms with Gasteiger partial charge in [0.25, 0.3) is 0 Å². The number of thioether (sulfide) groups is 1. The maximum Gasteiger partial charge on any atom is 0.323 e. The molecular weight excluding hydrogens is 360 g/mol. The van der Waals surface area contributed by atoms with Crippen LogP contribution >= 0.6 is 23.4 Å². The lowest BCUT2D eigenvalue weighted by Gasteiger charge is -2.25. The maximum absolute atomic E-state index is 12.8. The van der Waals surface area contributed by atoms with E-state index in [9.17, 15) is 4.79 Å². The molecule has 0 aromatic heterocycles. The summed E-state index contributed by atoms with van der Waals surface area (Å²) in [6.07, 6.45) is 0. The van der Waals surface area contributed by atoms with Crippen molar-refractivity contribution in [2.75, 3.05) is 31.8 Å². The summed E-state index contributed by atoms with van der Waals surface area (Å²) in [6.45, 7) is 0.673. The number of amides is 2. The van der Waals surface area contributed by atoms with E-state index in [0.29, 0.717) is 28.8 Å². The highest BCUT2D eigenvalue weighted by molar-refractivity contribution is 7.99. The van der Waals surface area contributed by atoms with Gasteiger partial charge in [-0.1, -0.05) is 23.7 Å². The van der Waals surface area contributed by atoms with Crippen molar-refractivity contribution in [3.8, 4) is 11.5 Å². The van der Waals surface area contributed by atoms with Crippen LogP contribution in [-0.2, 0) is 0 Å². The van der Waals surface area contributed by atoms with Crippen molar-refractivity contribution in [3.05, 3.63) is 53.1 Å². The molecule has 0 unspecified atom stereocenters. The van der Waals surface area contributed by atoms with E-state index in [0.717, 1.165) is 11.3 Å². The largest absolute Gasteiger partial charge is 0.497 e. The number of carbonyl (C=O) groups excluding carboxylic acids is 1. The highest BCUT2D eigenvalue weighted by atomic mass is 35.5. The van der Waals surface area contributed by atoms with Gasteiger partial charge in [-0.15, -0.1) is 11.8 Å². The molecule has 1 aliphatic heterocycles. The average molecular weight is 379 g/mol. The van der Waals surface area contributed by atoms with Gasteiger partial charge in [-0.2, -0.15) is 0 Å². The number of hydrogen-bond acceptors (Lipinski definition) is 4. The second-order valence-corrected chi connectivity index (χ2v) is 7.09. The molecule has 1 heterocycles. The van der Waals surface area contributed by atoms with Gasteiger partial charge in [-0.3, -0.25) is 0 Å². The Kier molecular flexibility index (Phi) is 5.60. The van der Waals surface area contributed by atoms with Crippen LogP contribution in [0.1, 0.15) is 10.9 Å². The SMILES string of the molecule is COc1ccc(NC(=O)N2CCS[C@@H]2c2cccc(Cl)c2)c(OC)c1. The molecule has 0 radical (unpaired) electrons. The molecule has 7 heteroatoms. The van der Waals surface area contributed by atoms with Crippen molar-refractivity contribution >= 4 is 35.1 Å². The van der Waals surface area contributed by atoms with Crippen LogP contribution in [0.25, 0.3) is 0 Å². The number of hydrogen-bond donors (Lipinski definition) is 1. The quantitative estimate of drug-likeness (QED) is 0.842. The first-order valence-corrected chi connectivity index (χ1v) is 9.22. The monoisotopic (exact) mass is 378 g/mol. The Morgan fingerprint density at radius 1 is 1.24 bits per heavy atom. The zero-order valence-corrected chi connectivity index (χ0v) is 15.6. The number of halogens is 1. The van der Waals surface area contributed by atoms with Crippen LogP contribution in [0.2, 0.25) is 5.02 Å².